The first-order valence-electron chi connectivity index (χ1n) is 6.43. The molecule has 0 spiro atoms. The molecule has 4 heteroatoms. The highest BCUT2D eigenvalue weighted by molar-refractivity contribution is 6.30. The molecule has 2 N–H and O–H groups in total. The van der Waals surface area contributed by atoms with Crippen LogP contribution in [0.25, 0.3) is 6.08 Å². The fourth-order valence-electron chi connectivity index (χ4n) is 1.57. The van der Waals surface area contributed by atoms with Crippen LogP contribution < -0.4 is 5.32 Å². The average Bonchev–Trinajstić information content (AvgIpc) is 2.40. The van der Waals surface area contributed by atoms with Gasteiger partial charge in [0, 0.05) is 17.1 Å². The van der Waals surface area contributed by atoms with Gasteiger partial charge in [-0.3, -0.25) is 4.79 Å². The number of aliphatic hydroxyl groups is 1. The fraction of sp³-hybridized carbons (Fsp3) is 0.400. The van der Waals surface area contributed by atoms with E-state index >= 15 is 0 Å². The third-order valence-corrected chi connectivity index (χ3v) is 3.10. The summed E-state index contributed by atoms with van der Waals surface area (Å²) in [6, 6.07) is 7.30. The van der Waals surface area contributed by atoms with Gasteiger partial charge in [-0.2, -0.15) is 0 Å². The van der Waals surface area contributed by atoms with E-state index in [1.807, 2.05) is 25.1 Å². The zero-order valence-electron chi connectivity index (χ0n) is 11.3. The summed E-state index contributed by atoms with van der Waals surface area (Å²) >= 11 is 5.80. The number of halogens is 1. The molecular formula is C15H20ClNO2. The summed E-state index contributed by atoms with van der Waals surface area (Å²) in [5.74, 6) is -0.113. The van der Waals surface area contributed by atoms with Crippen LogP contribution in [0.4, 0.5) is 0 Å². The van der Waals surface area contributed by atoms with Gasteiger partial charge in [0.1, 0.15) is 0 Å². The number of amides is 1. The number of benzene rings is 1. The normalized spacial score (nSPS) is 13.2. The van der Waals surface area contributed by atoms with Gasteiger partial charge in [0.25, 0.3) is 0 Å². The Labute approximate surface area is 119 Å². The molecule has 0 saturated heterocycles. The van der Waals surface area contributed by atoms with E-state index in [1.54, 1.807) is 19.1 Å². The van der Waals surface area contributed by atoms with Gasteiger partial charge in [-0.15, -0.1) is 0 Å². The van der Waals surface area contributed by atoms with Crippen LogP contribution in [0.2, 0.25) is 5.02 Å². The quantitative estimate of drug-likeness (QED) is 0.788. The molecule has 1 rings (SSSR count). The maximum atomic E-state index is 11.8. The van der Waals surface area contributed by atoms with E-state index in [4.69, 9.17) is 11.6 Å². The lowest BCUT2D eigenvalue weighted by molar-refractivity contribution is -0.117. The van der Waals surface area contributed by atoms with E-state index in [2.05, 4.69) is 5.32 Å². The summed E-state index contributed by atoms with van der Waals surface area (Å²) in [5.41, 5.74) is 1.57. The van der Waals surface area contributed by atoms with Crippen LogP contribution in [0.1, 0.15) is 32.3 Å². The first kappa shape index (κ1) is 15.7. The zero-order chi connectivity index (χ0) is 14.3. The van der Waals surface area contributed by atoms with Crippen LogP contribution in [-0.2, 0) is 4.79 Å². The van der Waals surface area contributed by atoms with Gasteiger partial charge in [0.15, 0.2) is 0 Å². The summed E-state index contributed by atoms with van der Waals surface area (Å²) in [6.07, 6.45) is 2.74. The predicted molar refractivity (Wildman–Crippen MR) is 79.0 cm³/mol. The van der Waals surface area contributed by atoms with Crippen LogP contribution in [0.5, 0.6) is 0 Å². The van der Waals surface area contributed by atoms with Crippen LogP contribution in [0.15, 0.2) is 29.8 Å². The Balaban J connectivity index is 2.49. The van der Waals surface area contributed by atoms with E-state index in [0.717, 1.165) is 5.56 Å². The number of aliphatic hydroxyl groups excluding tert-OH is 1. The molecule has 0 bridgehead atoms. The third-order valence-electron chi connectivity index (χ3n) is 2.85. The SMILES string of the molecule is CCC(O)CCNC(=O)/C(C)=C/c1ccc(Cl)cc1. The molecule has 0 aliphatic heterocycles. The van der Waals surface area contributed by atoms with Crippen LogP contribution >= 0.6 is 11.6 Å². The van der Waals surface area contributed by atoms with Crippen molar-refractivity contribution >= 4 is 23.6 Å². The predicted octanol–water partition coefficient (Wildman–Crippen LogP) is 3.02. The lowest BCUT2D eigenvalue weighted by Gasteiger charge is -2.09. The maximum absolute atomic E-state index is 11.8. The number of carbonyl (C=O) groups is 1. The molecule has 1 amide bonds. The van der Waals surface area contributed by atoms with Crippen molar-refractivity contribution in [3.05, 3.63) is 40.4 Å². The van der Waals surface area contributed by atoms with Gasteiger partial charge < -0.3 is 10.4 Å². The Hall–Kier alpha value is -1.32. The van der Waals surface area contributed by atoms with Gasteiger partial charge in [-0.1, -0.05) is 30.7 Å². The molecule has 0 fully saturated rings. The molecule has 0 aliphatic carbocycles. The van der Waals surface area contributed by atoms with Crippen LogP contribution in [0, 0.1) is 0 Å². The molecule has 0 radical (unpaired) electrons. The number of hydrogen-bond donors (Lipinski definition) is 2. The minimum atomic E-state index is -0.346. The topological polar surface area (TPSA) is 49.3 Å². The largest absolute Gasteiger partial charge is 0.393 e. The molecule has 3 nitrogen and oxygen atoms in total. The Morgan fingerprint density at radius 1 is 1.42 bits per heavy atom. The first-order valence-corrected chi connectivity index (χ1v) is 6.81. The van der Waals surface area contributed by atoms with Crippen molar-refractivity contribution in [3.63, 3.8) is 0 Å². The summed E-state index contributed by atoms with van der Waals surface area (Å²) < 4.78 is 0. The standard InChI is InChI=1S/C15H20ClNO2/c1-3-14(18)8-9-17-15(19)11(2)10-12-4-6-13(16)7-5-12/h4-7,10,14,18H,3,8-9H2,1-2H3,(H,17,19)/b11-10+. The first-order chi connectivity index (χ1) is 9.02. The minimum Gasteiger partial charge on any atom is -0.393 e. The highest BCUT2D eigenvalue weighted by Gasteiger charge is 2.05. The molecule has 1 aromatic rings. The van der Waals surface area contributed by atoms with Crippen molar-refractivity contribution in [3.8, 4) is 0 Å². The smallest absolute Gasteiger partial charge is 0.246 e. The zero-order valence-corrected chi connectivity index (χ0v) is 12.1. The molecule has 0 heterocycles. The van der Waals surface area contributed by atoms with E-state index in [-0.39, 0.29) is 12.0 Å². The molecule has 0 aromatic heterocycles. The van der Waals surface area contributed by atoms with E-state index < -0.39 is 0 Å². The van der Waals surface area contributed by atoms with E-state index in [1.165, 1.54) is 0 Å². The minimum absolute atomic E-state index is 0.113. The molecule has 0 aliphatic rings. The Morgan fingerprint density at radius 2 is 2.05 bits per heavy atom. The highest BCUT2D eigenvalue weighted by atomic mass is 35.5. The van der Waals surface area contributed by atoms with Crippen LogP contribution in [-0.4, -0.2) is 23.7 Å². The van der Waals surface area contributed by atoms with Gasteiger partial charge >= 0.3 is 0 Å². The summed E-state index contributed by atoms with van der Waals surface area (Å²) in [4.78, 5) is 11.8. The fourth-order valence-corrected chi connectivity index (χ4v) is 1.70. The molecule has 0 saturated carbocycles. The second-order valence-corrected chi connectivity index (χ2v) is 4.92. The summed E-state index contributed by atoms with van der Waals surface area (Å²) in [5, 5.41) is 12.9. The Kier molecular flexibility index (Phi) is 6.60. The molecule has 104 valence electrons. The second-order valence-electron chi connectivity index (χ2n) is 4.49. The molecule has 1 atom stereocenters. The number of hydrogen-bond acceptors (Lipinski definition) is 2. The van der Waals surface area contributed by atoms with Crippen LogP contribution in [0.3, 0.4) is 0 Å². The number of carbonyl (C=O) groups excluding carboxylic acids is 1. The highest BCUT2D eigenvalue weighted by Crippen LogP contribution is 2.12. The Morgan fingerprint density at radius 3 is 2.63 bits per heavy atom. The monoisotopic (exact) mass is 281 g/mol. The van der Waals surface area contributed by atoms with Crippen molar-refractivity contribution in [1.29, 1.82) is 0 Å². The third kappa shape index (κ3) is 5.90. The van der Waals surface area contributed by atoms with E-state index in [9.17, 15) is 9.90 Å². The molecule has 1 unspecified atom stereocenters. The van der Waals surface area contributed by atoms with E-state index in [0.29, 0.717) is 30.0 Å². The van der Waals surface area contributed by atoms with Crippen molar-refractivity contribution in [2.45, 2.75) is 32.8 Å². The van der Waals surface area contributed by atoms with Gasteiger partial charge in [0.2, 0.25) is 5.91 Å². The number of rotatable bonds is 6. The number of nitrogens with one attached hydrogen (secondary N) is 1. The second kappa shape index (κ2) is 7.97. The summed E-state index contributed by atoms with van der Waals surface area (Å²) in [6.45, 7) is 4.16. The van der Waals surface area contributed by atoms with Crippen molar-refractivity contribution in [2.24, 2.45) is 0 Å². The van der Waals surface area contributed by atoms with Gasteiger partial charge in [-0.25, -0.2) is 0 Å². The van der Waals surface area contributed by atoms with Gasteiger partial charge in [0.05, 0.1) is 6.10 Å². The molecule has 1 aromatic carbocycles. The van der Waals surface area contributed by atoms with Crippen molar-refractivity contribution in [2.75, 3.05) is 6.54 Å². The Bertz CT molecular complexity index is 440. The molecule has 19 heavy (non-hydrogen) atoms. The van der Waals surface area contributed by atoms with Crippen molar-refractivity contribution < 1.29 is 9.90 Å². The maximum Gasteiger partial charge on any atom is 0.246 e. The average molecular weight is 282 g/mol. The summed E-state index contributed by atoms with van der Waals surface area (Å²) in [7, 11) is 0. The van der Waals surface area contributed by atoms with Crippen molar-refractivity contribution in [1.82, 2.24) is 5.32 Å². The lowest BCUT2D eigenvalue weighted by atomic mass is 10.1. The molecular weight excluding hydrogens is 262 g/mol. The lowest BCUT2D eigenvalue weighted by Crippen LogP contribution is -2.27. The van der Waals surface area contributed by atoms with Gasteiger partial charge in [-0.05, 0) is 43.5 Å².